The van der Waals surface area contributed by atoms with Gasteiger partial charge in [-0.05, 0) is 43.9 Å². The van der Waals surface area contributed by atoms with Crippen molar-refractivity contribution in [1.29, 1.82) is 0 Å². The number of aryl methyl sites for hydroxylation is 3. The first-order valence-electron chi connectivity index (χ1n) is 11.3. The molecule has 0 radical (unpaired) electrons. The Morgan fingerprint density at radius 2 is 2.00 bits per heavy atom. The summed E-state index contributed by atoms with van der Waals surface area (Å²) in [6, 6.07) is 6.39. The van der Waals surface area contributed by atoms with Crippen LogP contribution >= 0.6 is 23.1 Å². The van der Waals surface area contributed by atoms with E-state index in [4.69, 9.17) is 4.74 Å². The van der Waals surface area contributed by atoms with Crippen LogP contribution in [0.5, 0.6) is 0 Å². The Hall–Kier alpha value is -3.24. The summed E-state index contributed by atoms with van der Waals surface area (Å²) in [5.74, 6) is -0.446. The number of carbonyl (C=O) groups excluding carboxylic acids is 2. The van der Waals surface area contributed by atoms with Crippen molar-refractivity contribution in [3.8, 4) is 11.1 Å². The molecule has 0 aliphatic heterocycles. The molecule has 0 saturated carbocycles. The van der Waals surface area contributed by atoms with Crippen LogP contribution in [0.15, 0.2) is 41.1 Å². The van der Waals surface area contributed by atoms with E-state index < -0.39 is 11.2 Å². The van der Waals surface area contributed by atoms with E-state index in [1.165, 1.54) is 40.1 Å². The van der Waals surface area contributed by atoms with E-state index in [2.05, 4.69) is 57.8 Å². The molecule has 1 unspecified atom stereocenters. The quantitative estimate of drug-likeness (QED) is 0.193. The smallest absolute Gasteiger partial charge is 0.343 e. The summed E-state index contributed by atoms with van der Waals surface area (Å²) in [6.07, 6.45) is 3.50. The Bertz CT molecular complexity index is 1400. The van der Waals surface area contributed by atoms with Gasteiger partial charge < -0.3 is 10.1 Å². The number of hydrogen-bond donors (Lipinski definition) is 1. The summed E-state index contributed by atoms with van der Waals surface area (Å²) < 4.78 is 6.55. The third-order valence-electron chi connectivity index (χ3n) is 5.75. The molecule has 0 fully saturated rings. The van der Waals surface area contributed by atoms with Crippen LogP contribution in [0, 0.1) is 13.8 Å². The lowest BCUT2D eigenvalue weighted by molar-refractivity contribution is -0.115. The number of aromatic nitrogens is 4. The fraction of sp³-hybridized carbons (Fsp3) is 0.320. The molecule has 35 heavy (non-hydrogen) atoms. The van der Waals surface area contributed by atoms with Crippen molar-refractivity contribution in [1.82, 2.24) is 19.7 Å². The Morgan fingerprint density at radius 1 is 1.20 bits per heavy atom. The highest BCUT2D eigenvalue weighted by Gasteiger charge is 2.25. The zero-order valence-corrected chi connectivity index (χ0v) is 21.9. The van der Waals surface area contributed by atoms with E-state index in [1.807, 2.05) is 6.92 Å². The fourth-order valence-electron chi connectivity index (χ4n) is 3.66. The minimum Gasteiger partial charge on any atom is -0.462 e. The predicted octanol–water partition coefficient (Wildman–Crippen LogP) is 5.39. The van der Waals surface area contributed by atoms with Gasteiger partial charge in [-0.2, -0.15) is 5.10 Å². The van der Waals surface area contributed by atoms with Gasteiger partial charge in [-0.25, -0.2) is 14.8 Å². The first kappa shape index (κ1) is 24.9. The van der Waals surface area contributed by atoms with Crippen LogP contribution in [0.3, 0.4) is 0 Å². The van der Waals surface area contributed by atoms with Gasteiger partial charge in [-0.3, -0.25) is 9.48 Å². The molecule has 1 N–H and O–H groups in total. The van der Waals surface area contributed by atoms with Gasteiger partial charge in [-0.1, -0.05) is 36.9 Å². The highest BCUT2D eigenvalue weighted by atomic mass is 32.2. The zero-order chi connectivity index (χ0) is 25.1. The van der Waals surface area contributed by atoms with Crippen LogP contribution in [0.1, 0.15) is 41.8 Å². The van der Waals surface area contributed by atoms with Crippen molar-refractivity contribution in [3.05, 3.63) is 52.8 Å². The molecule has 1 aromatic carbocycles. The molecule has 1 atom stereocenters. The minimum atomic E-state index is -0.523. The van der Waals surface area contributed by atoms with E-state index in [9.17, 15) is 9.59 Å². The van der Waals surface area contributed by atoms with Crippen molar-refractivity contribution in [2.75, 3.05) is 11.9 Å². The monoisotopic (exact) mass is 509 g/mol. The van der Waals surface area contributed by atoms with E-state index in [1.54, 1.807) is 25.3 Å². The summed E-state index contributed by atoms with van der Waals surface area (Å²) in [6.45, 7) is 8.11. The number of carbonyl (C=O) groups is 2. The molecule has 1 amide bonds. The summed E-state index contributed by atoms with van der Waals surface area (Å²) in [5, 5.41) is 10.3. The number of rotatable bonds is 8. The number of amides is 1. The molecule has 0 saturated heterocycles. The molecule has 4 rings (SSSR count). The number of ether oxygens (including phenoxy) is 1. The van der Waals surface area contributed by atoms with E-state index in [0.717, 1.165) is 26.4 Å². The van der Waals surface area contributed by atoms with E-state index in [0.29, 0.717) is 12.2 Å². The number of fused-ring (bicyclic) bond motifs is 1. The van der Waals surface area contributed by atoms with Crippen LogP contribution in [0.25, 0.3) is 21.3 Å². The molecule has 3 heterocycles. The number of thiophene rings is 1. The maximum Gasteiger partial charge on any atom is 0.343 e. The minimum absolute atomic E-state index is 0.224. The zero-order valence-electron chi connectivity index (χ0n) is 20.3. The van der Waals surface area contributed by atoms with Gasteiger partial charge in [0.25, 0.3) is 0 Å². The molecule has 4 aromatic rings. The molecule has 10 heteroatoms. The van der Waals surface area contributed by atoms with Crippen molar-refractivity contribution >= 4 is 51.0 Å². The SMILES string of the molecule is CCOC(=O)c1cnn(C)c1NC(=O)C(CC)Sc1ncnc2scc(-c3ccc(C)c(C)c3)c12. The molecule has 0 bridgehead atoms. The van der Waals surface area contributed by atoms with Crippen LogP contribution in [0.4, 0.5) is 5.82 Å². The van der Waals surface area contributed by atoms with Crippen LogP contribution in [0.2, 0.25) is 0 Å². The van der Waals surface area contributed by atoms with Crippen LogP contribution in [-0.4, -0.2) is 43.5 Å². The second-order valence-corrected chi connectivity index (χ2v) is 10.1. The Balaban J connectivity index is 1.64. The van der Waals surface area contributed by atoms with Crippen molar-refractivity contribution < 1.29 is 14.3 Å². The van der Waals surface area contributed by atoms with E-state index >= 15 is 0 Å². The van der Waals surface area contributed by atoms with Gasteiger partial charge in [0.1, 0.15) is 27.6 Å². The van der Waals surface area contributed by atoms with Gasteiger partial charge in [0.05, 0.1) is 23.4 Å². The number of benzene rings is 1. The van der Waals surface area contributed by atoms with Crippen LogP contribution < -0.4 is 5.32 Å². The maximum atomic E-state index is 13.3. The standard InChI is InChI=1S/C25H27N5O3S2/c1-6-19(22(31)29-21-17(11-28-30(21)5)25(32)33-7-2)35-24-20-18(12-34-23(20)26-13-27-24)16-9-8-14(3)15(4)10-16/h8-13,19H,6-7H2,1-5H3,(H,29,31). The molecule has 8 nitrogen and oxygen atoms in total. The first-order chi connectivity index (χ1) is 16.8. The molecule has 0 spiro atoms. The second kappa shape index (κ2) is 10.6. The average molecular weight is 510 g/mol. The van der Waals surface area contributed by atoms with E-state index in [-0.39, 0.29) is 18.1 Å². The Kier molecular flexibility index (Phi) is 7.51. The summed E-state index contributed by atoms with van der Waals surface area (Å²) >= 11 is 2.96. The average Bonchev–Trinajstić information content (AvgIpc) is 3.43. The highest BCUT2D eigenvalue weighted by molar-refractivity contribution is 8.00. The molecule has 0 aliphatic rings. The number of thioether (sulfide) groups is 1. The Morgan fingerprint density at radius 3 is 2.71 bits per heavy atom. The van der Waals surface area contributed by atoms with Gasteiger partial charge in [-0.15, -0.1) is 11.3 Å². The van der Waals surface area contributed by atoms with Crippen molar-refractivity contribution in [2.45, 2.75) is 44.4 Å². The molecule has 0 aliphatic carbocycles. The summed E-state index contributed by atoms with van der Waals surface area (Å²) in [7, 11) is 1.67. The maximum absolute atomic E-state index is 13.3. The summed E-state index contributed by atoms with van der Waals surface area (Å²) in [4.78, 5) is 35.4. The van der Waals surface area contributed by atoms with Crippen molar-refractivity contribution in [2.24, 2.45) is 7.05 Å². The lowest BCUT2D eigenvalue weighted by Gasteiger charge is -2.16. The van der Waals surface area contributed by atoms with Gasteiger partial charge in [0, 0.05) is 18.0 Å². The molecular weight excluding hydrogens is 482 g/mol. The first-order valence-corrected chi connectivity index (χ1v) is 13.1. The van der Waals surface area contributed by atoms with Gasteiger partial charge in [0.2, 0.25) is 5.91 Å². The van der Waals surface area contributed by atoms with Gasteiger partial charge in [0.15, 0.2) is 0 Å². The number of nitrogens with zero attached hydrogens (tertiary/aromatic N) is 4. The number of esters is 1. The third kappa shape index (κ3) is 5.08. The van der Waals surface area contributed by atoms with Gasteiger partial charge >= 0.3 is 5.97 Å². The topological polar surface area (TPSA) is 99.0 Å². The normalized spacial score (nSPS) is 12.0. The summed E-state index contributed by atoms with van der Waals surface area (Å²) in [5.41, 5.74) is 4.83. The Labute approximate surface area is 212 Å². The molecular formula is C25H27N5O3S2. The predicted molar refractivity (Wildman–Crippen MR) is 140 cm³/mol. The highest BCUT2D eigenvalue weighted by Crippen LogP contribution is 2.40. The number of nitrogens with one attached hydrogen (secondary N) is 1. The fourth-order valence-corrected chi connectivity index (χ4v) is 5.67. The lowest BCUT2D eigenvalue weighted by Crippen LogP contribution is -2.27. The lowest BCUT2D eigenvalue weighted by atomic mass is 10.0. The third-order valence-corrected chi connectivity index (χ3v) is 8.00. The number of hydrogen-bond acceptors (Lipinski definition) is 8. The van der Waals surface area contributed by atoms with Crippen LogP contribution in [-0.2, 0) is 16.6 Å². The molecule has 182 valence electrons. The number of anilines is 1. The molecule has 3 aromatic heterocycles. The largest absolute Gasteiger partial charge is 0.462 e. The van der Waals surface area contributed by atoms with Crippen molar-refractivity contribution in [3.63, 3.8) is 0 Å². The second-order valence-electron chi connectivity index (χ2n) is 8.06.